The molecule has 0 heterocycles. The molecule has 0 aliphatic heterocycles. The molecule has 5 rings (SSSR count). The van der Waals surface area contributed by atoms with E-state index in [4.69, 9.17) is 5.73 Å². The highest BCUT2D eigenvalue weighted by molar-refractivity contribution is 5.84. The Kier molecular flexibility index (Phi) is 7.03. The van der Waals surface area contributed by atoms with Crippen molar-refractivity contribution >= 4 is 39.8 Å². The maximum Gasteiger partial charge on any atom is 0.0619 e. The SMILES string of the molecule is Cc1ccc(C)c(-c2cc(C)ccc2Nc2ccc(Nc3ccc(N([O-])c4ccccc4)cc3N)cc2)c1. The molecule has 0 aromatic heterocycles. The summed E-state index contributed by atoms with van der Waals surface area (Å²) >= 11 is 0. The predicted octanol–water partition coefficient (Wildman–Crippen LogP) is 8.98. The molecule has 0 bridgehead atoms. The summed E-state index contributed by atoms with van der Waals surface area (Å²) in [5, 5.41) is 20.5. The fourth-order valence-electron chi connectivity index (χ4n) is 4.47. The number of anilines is 7. The third-order valence-electron chi connectivity index (χ3n) is 6.56. The van der Waals surface area contributed by atoms with Crippen molar-refractivity contribution in [1.82, 2.24) is 0 Å². The summed E-state index contributed by atoms with van der Waals surface area (Å²) in [5.41, 5.74) is 17.6. The van der Waals surface area contributed by atoms with Gasteiger partial charge in [0.2, 0.25) is 0 Å². The van der Waals surface area contributed by atoms with Crippen molar-refractivity contribution in [2.45, 2.75) is 20.8 Å². The number of aryl methyl sites for hydroxylation is 3. The Hall–Kier alpha value is -4.74. The van der Waals surface area contributed by atoms with Crippen LogP contribution in [-0.2, 0) is 0 Å². The first-order chi connectivity index (χ1) is 18.4. The van der Waals surface area contributed by atoms with E-state index in [1.807, 2.05) is 48.5 Å². The molecule has 5 nitrogen and oxygen atoms in total. The minimum absolute atomic E-state index is 0.483. The number of rotatable bonds is 7. The van der Waals surface area contributed by atoms with Gasteiger partial charge >= 0.3 is 0 Å². The van der Waals surface area contributed by atoms with Crippen LogP contribution in [0.5, 0.6) is 0 Å². The second-order valence-electron chi connectivity index (χ2n) is 9.60. The first-order valence-corrected chi connectivity index (χ1v) is 12.6. The molecule has 0 fully saturated rings. The van der Waals surface area contributed by atoms with Crippen molar-refractivity contribution < 1.29 is 0 Å². The Morgan fingerprint density at radius 3 is 1.82 bits per heavy atom. The van der Waals surface area contributed by atoms with Gasteiger partial charge in [-0.3, -0.25) is 0 Å². The molecule has 0 unspecified atom stereocenters. The number of benzene rings is 5. The minimum atomic E-state index is 0.483. The quantitative estimate of drug-likeness (QED) is 0.154. The van der Waals surface area contributed by atoms with E-state index in [1.54, 1.807) is 24.3 Å². The van der Waals surface area contributed by atoms with Gasteiger partial charge in [-0.25, -0.2) is 0 Å². The zero-order valence-corrected chi connectivity index (χ0v) is 21.8. The molecule has 190 valence electrons. The molecule has 38 heavy (non-hydrogen) atoms. The van der Waals surface area contributed by atoms with Crippen molar-refractivity contribution in [2.75, 3.05) is 21.4 Å². The van der Waals surface area contributed by atoms with Crippen molar-refractivity contribution in [3.8, 4) is 11.1 Å². The van der Waals surface area contributed by atoms with Crippen molar-refractivity contribution in [3.05, 3.63) is 131 Å². The van der Waals surface area contributed by atoms with Gasteiger partial charge in [0.25, 0.3) is 0 Å². The summed E-state index contributed by atoms with van der Waals surface area (Å²) in [5.74, 6) is 0. The lowest BCUT2D eigenvalue weighted by atomic mass is 9.95. The molecule has 0 aliphatic rings. The number of hydrogen-bond acceptors (Lipinski definition) is 5. The second kappa shape index (κ2) is 10.7. The summed E-state index contributed by atoms with van der Waals surface area (Å²) in [7, 11) is 0. The molecule has 0 radical (unpaired) electrons. The van der Waals surface area contributed by atoms with Crippen LogP contribution in [0.25, 0.3) is 11.1 Å². The zero-order valence-electron chi connectivity index (χ0n) is 21.8. The largest absolute Gasteiger partial charge is 0.754 e. The van der Waals surface area contributed by atoms with Crippen LogP contribution in [-0.4, -0.2) is 0 Å². The highest BCUT2D eigenvalue weighted by atomic mass is 16.5. The lowest BCUT2D eigenvalue weighted by Crippen LogP contribution is -2.07. The molecule has 5 heteroatoms. The molecule has 5 aromatic carbocycles. The number of hydrogen-bond donors (Lipinski definition) is 3. The Balaban J connectivity index is 1.33. The maximum atomic E-state index is 12.7. The van der Waals surface area contributed by atoms with E-state index in [1.165, 1.54) is 27.8 Å². The number of nitrogens with two attached hydrogens (primary N) is 1. The monoisotopic (exact) mass is 499 g/mol. The third-order valence-corrected chi connectivity index (χ3v) is 6.56. The Labute approximate surface area is 224 Å². The molecule has 0 saturated heterocycles. The minimum Gasteiger partial charge on any atom is -0.754 e. The van der Waals surface area contributed by atoms with Crippen molar-refractivity contribution in [1.29, 1.82) is 0 Å². The van der Waals surface area contributed by atoms with Crippen LogP contribution in [0.15, 0.2) is 109 Å². The zero-order chi connectivity index (χ0) is 26.6. The van der Waals surface area contributed by atoms with Crippen LogP contribution < -0.4 is 21.4 Å². The molecule has 5 aromatic rings. The fraction of sp³-hybridized carbons (Fsp3) is 0.0909. The molecular weight excluding hydrogens is 468 g/mol. The highest BCUT2D eigenvalue weighted by Crippen LogP contribution is 2.35. The Morgan fingerprint density at radius 2 is 1.16 bits per heavy atom. The van der Waals surface area contributed by atoms with Gasteiger partial charge in [-0.2, -0.15) is 0 Å². The van der Waals surface area contributed by atoms with Crippen molar-refractivity contribution in [2.24, 2.45) is 0 Å². The van der Waals surface area contributed by atoms with Crippen LogP contribution in [0, 0.1) is 26.0 Å². The molecular formula is C33H31N4O-. The lowest BCUT2D eigenvalue weighted by molar-refractivity contribution is 1.30. The first kappa shape index (κ1) is 24.9. The normalized spacial score (nSPS) is 10.7. The smallest absolute Gasteiger partial charge is 0.0619 e. The average Bonchev–Trinajstić information content (AvgIpc) is 2.93. The molecule has 0 aliphatic carbocycles. The van der Waals surface area contributed by atoms with Gasteiger partial charge in [0.1, 0.15) is 0 Å². The molecule has 4 N–H and O–H groups in total. The number of nitrogens with zero attached hydrogens (tertiary/aromatic N) is 1. The fourth-order valence-corrected chi connectivity index (χ4v) is 4.47. The summed E-state index contributed by atoms with van der Waals surface area (Å²) in [6.45, 7) is 6.39. The lowest BCUT2D eigenvalue weighted by Gasteiger charge is -2.31. The van der Waals surface area contributed by atoms with Gasteiger partial charge in [-0.1, -0.05) is 53.6 Å². The topological polar surface area (TPSA) is 76.4 Å². The molecule has 0 spiro atoms. The highest BCUT2D eigenvalue weighted by Gasteiger charge is 2.10. The van der Waals surface area contributed by atoms with Gasteiger partial charge in [0.15, 0.2) is 0 Å². The number of nitrogens with one attached hydrogen (secondary N) is 2. The summed E-state index contributed by atoms with van der Waals surface area (Å²) in [6.07, 6.45) is 0. The van der Waals surface area contributed by atoms with E-state index in [0.29, 0.717) is 17.1 Å². The maximum absolute atomic E-state index is 12.7. The van der Waals surface area contributed by atoms with E-state index in [-0.39, 0.29) is 0 Å². The van der Waals surface area contributed by atoms with Gasteiger partial charge in [0, 0.05) is 34.0 Å². The standard InChI is InChI=1S/C33H31N4O/c1-22-9-11-24(3)29(19-22)30-20-23(2)10-17-32(30)35-25-12-14-26(15-13-25)36-33-18-16-28(21-31(33)34)37(38)27-7-5-4-6-8-27/h4-21,35-36H,34H2,1-3H3/q-1. The van der Waals surface area contributed by atoms with Gasteiger partial charge < -0.3 is 26.6 Å². The van der Waals surface area contributed by atoms with Crippen LogP contribution in [0.1, 0.15) is 16.7 Å². The number of para-hydroxylation sites is 1. The summed E-state index contributed by atoms with van der Waals surface area (Å²) < 4.78 is 0. The Bertz CT molecular complexity index is 1560. The van der Waals surface area contributed by atoms with Crippen LogP contribution in [0.2, 0.25) is 0 Å². The van der Waals surface area contributed by atoms with Crippen LogP contribution >= 0.6 is 0 Å². The number of nitrogen functional groups attached to an aromatic ring is 1. The first-order valence-electron chi connectivity index (χ1n) is 12.6. The van der Waals surface area contributed by atoms with E-state index in [0.717, 1.165) is 27.8 Å². The summed E-state index contributed by atoms with van der Waals surface area (Å²) in [6, 6.07) is 35.5. The van der Waals surface area contributed by atoms with E-state index < -0.39 is 0 Å². The van der Waals surface area contributed by atoms with Gasteiger partial charge in [0.05, 0.1) is 11.4 Å². The average molecular weight is 500 g/mol. The van der Waals surface area contributed by atoms with Crippen molar-refractivity contribution in [3.63, 3.8) is 0 Å². The van der Waals surface area contributed by atoms with Crippen LogP contribution in [0.4, 0.5) is 39.8 Å². The molecule has 0 atom stereocenters. The third kappa shape index (κ3) is 5.48. The Morgan fingerprint density at radius 1 is 0.579 bits per heavy atom. The summed E-state index contributed by atoms with van der Waals surface area (Å²) in [4.78, 5) is 0. The predicted molar refractivity (Wildman–Crippen MR) is 162 cm³/mol. The van der Waals surface area contributed by atoms with E-state index >= 15 is 0 Å². The van der Waals surface area contributed by atoms with E-state index in [2.05, 4.69) is 67.8 Å². The molecule has 0 saturated carbocycles. The second-order valence-corrected chi connectivity index (χ2v) is 9.60. The van der Waals surface area contributed by atoms with Gasteiger partial charge in [-0.05, 0) is 98.6 Å². The van der Waals surface area contributed by atoms with Crippen LogP contribution in [0.3, 0.4) is 0 Å². The van der Waals surface area contributed by atoms with Gasteiger partial charge in [-0.15, -0.1) is 0 Å². The molecule has 0 amide bonds. The van der Waals surface area contributed by atoms with E-state index in [9.17, 15) is 5.21 Å².